The van der Waals surface area contributed by atoms with E-state index in [1.807, 2.05) is 0 Å². The minimum absolute atomic E-state index is 0.157. The Balaban J connectivity index is 3.72. The van der Waals surface area contributed by atoms with Crippen LogP contribution in [-0.4, -0.2) is 17.9 Å². The second kappa shape index (κ2) is 5.10. The fraction of sp³-hybridized carbons (Fsp3) is 0.750. The van der Waals surface area contributed by atoms with E-state index in [-0.39, 0.29) is 6.61 Å². The predicted molar refractivity (Wildman–Crippen MR) is 38.2 cm³/mol. The SMILES string of the molecule is CCCOOP(N)(=O)OC(=O)O. The van der Waals surface area contributed by atoms with E-state index in [4.69, 9.17) is 10.6 Å². The van der Waals surface area contributed by atoms with Crippen LogP contribution in [0.1, 0.15) is 13.3 Å². The van der Waals surface area contributed by atoms with Gasteiger partial charge in [0.25, 0.3) is 0 Å². The Hall–Kier alpha value is -0.620. The fourth-order valence-corrected chi connectivity index (χ4v) is 0.788. The summed E-state index contributed by atoms with van der Waals surface area (Å²) in [7, 11) is -4.10. The molecule has 0 heterocycles. The summed E-state index contributed by atoms with van der Waals surface area (Å²) in [6.45, 7) is 1.94. The molecular formula is C4H10NO6P. The first-order valence-corrected chi connectivity index (χ1v) is 4.71. The first-order chi connectivity index (χ1) is 5.48. The third-order valence-electron chi connectivity index (χ3n) is 0.649. The second-order valence-corrected chi connectivity index (χ2v) is 3.20. The van der Waals surface area contributed by atoms with Gasteiger partial charge in [0.15, 0.2) is 0 Å². The minimum Gasteiger partial charge on any atom is -0.449 e. The number of carbonyl (C=O) groups is 1. The topological polar surface area (TPSA) is 108 Å². The van der Waals surface area contributed by atoms with Crippen LogP contribution in [0.3, 0.4) is 0 Å². The lowest BCUT2D eigenvalue weighted by Gasteiger charge is -2.08. The molecule has 0 fully saturated rings. The molecular weight excluding hydrogens is 189 g/mol. The Labute approximate surface area is 68.9 Å². The van der Waals surface area contributed by atoms with Crippen LogP contribution in [0.5, 0.6) is 0 Å². The van der Waals surface area contributed by atoms with Crippen molar-refractivity contribution in [2.45, 2.75) is 13.3 Å². The maximum atomic E-state index is 10.7. The highest BCUT2D eigenvalue weighted by Crippen LogP contribution is 2.39. The number of hydrogen-bond acceptors (Lipinski definition) is 5. The molecule has 3 N–H and O–H groups in total. The summed E-state index contributed by atoms with van der Waals surface area (Å²) in [5.41, 5.74) is 4.76. The quantitative estimate of drug-likeness (QED) is 0.295. The van der Waals surface area contributed by atoms with Crippen molar-refractivity contribution in [3.8, 4) is 0 Å². The van der Waals surface area contributed by atoms with Gasteiger partial charge in [0.05, 0.1) is 6.61 Å². The monoisotopic (exact) mass is 199 g/mol. The van der Waals surface area contributed by atoms with Crippen LogP contribution in [0.4, 0.5) is 4.79 Å². The molecule has 0 aliphatic rings. The third-order valence-corrected chi connectivity index (χ3v) is 1.37. The van der Waals surface area contributed by atoms with E-state index >= 15 is 0 Å². The summed E-state index contributed by atoms with van der Waals surface area (Å²) in [4.78, 5) is 14.1. The van der Waals surface area contributed by atoms with E-state index in [1.165, 1.54) is 0 Å². The van der Waals surface area contributed by atoms with Crippen LogP contribution < -0.4 is 5.50 Å². The van der Waals surface area contributed by atoms with Gasteiger partial charge in [0.1, 0.15) is 0 Å². The van der Waals surface area contributed by atoms with Gasteiger partial charge in [0, 0.05) is 0 Å². The fourth-order valence-electron chi connectivity index (χ4n) is 0.318. The zero-order valence-corrected chi connectivity index (χ0v) is 7.32. The molecule has 0 saturated carbocycles. The van der Waals surface area contributed by atoms with E-state index in [9.17, 15) is 9.36 Å². The highest BCUT2D eigenvalue weighted by Gasteiger charge is 2.24. The lowest BCUT2D eigenvalue weighted by Crippen LogP contribution is -2.08. The Morgan fingerprint density at radius 1 is 1.67 bits per heavy atom. The average Bonchev–Trinajstić information content (AvgIpc) is 1.84. The number of rotatable bonds is 5. The molecule has 0 bridgehead atoms. The molecule has 0 spiro atoms. The van der Waals surface area contributed by atoms with Crippen LogP contribution in [0.25, 0.3) is 0 Å². The van der Waals surface area contributed by atoms with Crippen molar-refractivity contribution in [1.29, 1.82) is 0 Å². The van der Waals surface area contributed by atoms with Gasteiger partial charge in [0.2, 0.25) is 0 Å². The average molecular weight is 199 g/mol. The molecule has 7 nitrogen and oxygen atoms in total. The standard InChI is InChI=1S/C4H10NO6P/c1-2-3-9-11-12(5,8)10-4(6)7/h2-3H2,1H3,(H2,5,8)(H,6,7). The molecule has 72 valence electrons. The molecule has 0 aromatic heterocycles. The molecule has 0 aromatic carbocycles. The van der Waals surface area contributed by atoms with Gasteiger partial charge >= 0.3 is 13.9 Å². The molecule has 0 aliphatic carbocycles. The van der Waals surface area contributed by atoms with Gasteiger partial charge in [-0.15, -0.1) is 4.67 Å². The van der Waals surface area contributed by atoms with Gasteiger partial charge in [-0.1, -0.05) is 6.92 Å². The summed E-state index contributed by atoms with van der Waals surface area (Å²) >= 11 is 0. The van der Waals surface area contributed by atoms with Crippen LogP contribution in [0.15, 0.2) is 0 Å². The summed E-state index contributed by atoms with van der Waals surface area (Å²) in [6.07, 6.45) is -1.16. The molecule has 8 heteroatoms. The Kier molecular flexibility index (Phi) is 4.84. The molecule has 1 atom stereocenters. The summed E-state index contributed by atoms with van der Waals surface area (Å²) < 4.78 is 18.4. The highest BCUT2D eigenvalue weighted by atomic mass is 31.2. The molecule has 12 heavy (non-hydrogen) atoms. The summed E-state index contributed by atoms with van der Waals surface area (Å²) in [5, 5.41) is 8.00. The second-order valence-electron chi connectivity index (χ2n) is 1.79. The maximum Gasteiger partial charge on any atom is 0.513 e. The van der Waals surface area contributed by atoms with Crippen molar-refractivity contribution in [2.75, 3.05) is 6.61 Å². The van der Waals surface area contributed by atoms with Crippen molar-refractivity contribution in [1.82, 2.24) is 0 Å². The smallest absolute Gasteiger partial charge is 0.449 e. The third kappa shape index (κ3) is 6.11. The van der Waals surface area contributed by atoms with Crippen LogP contribution >= 0.6 is 7.75 Å². The van der Waals surface area contributed by atoms with Crippen molar-refractivity contribution in [3.05, 3.63) is 0 Å². The summed E-state index contributed by atoms with van der Waals surface area (Å²) in [6, 6.07) is 0. The maximum absolute atomic E-state index is 10.7. The van der Waals surface area contributed by atoms with Gasteiger partial charge in [-0.3, -0.25) is 0 Å². The van der Waals surface area contributed by atoms with Crippen molar-refractivity contribution in [3.63, 3.8) is 0 Å². The Bertz CT molecular complexity index is 194. The van der Waals surface area contributed by atoms with Crippen molar-refractivity contribution < 1.29 is 28.6 Å². The van der Waals surface area contributed by atoms with E-state index in [0.29, 0.717) is 6.42 Å². The molecule has 1 unspecified atom stereocenters. The Morgan fingerprint density at radius 2 is 2.25 bits per heavy atom. The van der Waals surface area contributed by atoms with Crippen LogP contribution in [-0.2, 0) is 18.7 Å². The van der Waals surface area contributed by atoms with Crippen molar-refractivity contribution >= 4 is 13.9 Å². The largest absolute Gasteiger partial charge is 0.513 e. The molecule has 0 rings (SSSR count). The zero-order valence-electron chi connectivity index (χ0n) is 6.43. The lowest BCUT2D eigenvalue weighted by molar-refractivity contribution is -0.213. The molecule has 0 saturated heterocycles. The van der Waals surface area contributed by atoms with Crippen LogP contribution in [0, 0.1) is 0 Å². The highest BCUT2D eigenvalue weighted by molar-refractivity contribution is 7.51. The minimum atomic E-state index is -4.10. The Morgan fingerprint density at radius 3 is 2.67 bits per heavy atom. The number of hydrogen-bond donors (Lipinski definition) is 2. The van der Waals surface area contributed by atoms with Crippen molar-refractivity contribution in [2.24, 2.45) is 5.50 Å². The number of nitrogens with two attached hydrogens (primary N) is 1. The van der Waals surface area contributed by atoms with E-state index in [0.717, 1.165) is 0 Å². The molecule has 0 amide bonds. The molecule has 0 radical (unpaired) electrons. The predicted octanol–water partition coefficient (Wildman–Crippen LogP) is 1.11. The number of carboxylic acid groups (broad SMARTS) is 1. The molecule has 0 aromatic rings. The zero-order chi connectivity index (χ0) is 9.61. The van der Waals surface area contributed by atoms with Gasteiger partial charge in [-0.2, -0.15) is 0 Å². The first-order valence-electron chi connectivity index (χ1n) is 3.10. The van der Waals surface area contributed by atoms with Gasteiger partial charge < -0.3 is 9.63 Å². The van der Waals surface area contributed by atoms with Crippen LogP contribution in [0.2, 0.25) is 0 Å². The van der Waals surface area contributed by atoms with E-state index in [1.54, 1.807) is 6.92 Å². The first kappa shape index (κ1) is 11.4. The van der Waals surface area contributed by atoms with E-state index in [2.05, 4.69) is 14.1 Å². The molecule has 0 aliphatic heterocycles. The van der Waals surface area contributed by atoms with E-state index < -0.39 is 13.9 Å². The van der Waals surface area contributed by atoms with Gasteiger partial charge in [-0.25, -0.2) is 19.8 Å². The van der Waals surface area contributed by atoms with Gasteiger partial charge in [-0.05, 0) is 6.42 Å². The summed E-state index contributed by atoms with van der Waals surface area (Å²) in [5.74, 6) is 0. The normalized spacial score (nSPS) is 15.2. The lowest BCUT2D eigenvalue weighted by atomic mass is 10.5.